The van der Waals surface area contributed by atoms with Gasteiger partial charge in [-0.1, -0.05) is 42.5 Å². The molecule has 5 heteroatoms. The summed E-state index contributed by atoms with van der Waals surface area (Å²) in [5.74, 6) is -0.641. The molecule has 2 rings (SSSR count). The van der Waals surface area contributed by atoms with Gasteiger partial charge in [0.05, 0.1) is 6.61 Å². The van der Waals surface area contributed by atoms with Gasteiger partial charge >= 0.3 is 5.97 Å². The molecule has 0 atom stereocenters. The maximum Gasteiger partial charge on any atom is 0.348 e. The lowest BCUT2D eigenvalue weighted by atomic mass is 10.1. The van der Waals surface area contributed by atoms with Crippen LogP contribution in [0.3, 0.4) is 0 Å². The molecule has 0 aliphatic heterocycles. The normalized spacial score (nSPS) is 10.9. The van der Waals surface area contributed by atoms with E-state index in [2.05, 4.69) is 24.0 Å². The van der Waals surface area contributed by atoms with E-state index in [1.165, 1.54) is 18.7 Å². The van der Waals surface area contributed by atoms with Crippen LogP contribution in [-0.2, 0) is 20.8 Å². The molecule has 0 spiro atoms. The van der Waals surface area contributed by atoms with Gasteiger partial charge in [-0.2, -0.15) is 5.26 Å². The van der Waals surface area contributed by atoms with Crippen molar-refractivity contribution in [2.45, 2.75) is 13.5 Å². The van der Waals surface area contributed by atoms with Crippen molar-refractivity contribution in [1.29, 1.82) is 5.26 Å². The zero-order valence-electron chi connectivity index (χ0n) is 15.7. The van der Waals surface area contributed by atoms with Crippen LogP contribution in [0.25, 0.3) is 6.08 Å². The lowest BCUT2D eigenvalue weighted by molar-refractivity contribution is -0.139. The summed E-state index contributed by atoms with van der Waals surface area (Å²) in [7, 11) is 1.52. The minimum absolute atomic E-state index is 0.0320. The number of anilines is 1. The van der Waals surface area contributed by atoms with E-state index in [9.17, 15) is 10.1 Å². The molecule has 0 aliphatic rings. The molecule has 140 valence electrons. The van der Waals surface area contributed by atoms with Gasteiger partial charge in [0, 0.05) is 25.9 Å². The lowest BCUT2D eigenvalue weighted by Gasteiger charge is -2.23. The number of esters is 1. The van der Waals surface area contributed by atoms with E-state index in [1.54, 1.807) is 0 Å². The molecule has 0 heterocycles. The van der Waals surface area contributed by atoms with Crippen molar-refractivity contribution < 1.29 is 14.3 Å². The van der Waals surface area contributed by atoms with E-state index in [-0.39, 0.29) is 12.2 Å². The minimum atomic E-state index is -0.641. The molecule has 0 aliphatic carbocycles. The third kappa shape index (κ3) is 6.28. The molecule has 0 fully saturated rings. The van der Waals surface area contributed by atoms with Gasteiger partial charge in [0.25, 0.3) is 0 Å². The van der Waals surface area contributed by atoms with Gasteiger partial charge < -0.3 is 14.4 Å². The number of carbonyl (C=O) groups excluding carboxylic acids is 1. The molecule has 0 N–H and O–H groups in total. The van der Waals surface area contributed by atoms with E-state index >= 15 is 0 Å². The molecular weight excluding hydrogens is 340 g/mol. The molecule has 0 unspecified atom stereocenters. The largest absolute Gasteiger partial charge is 0.459 e. The summed E-state index contributed by atoms with van der Waals surface area (Å²) in [5.41, 5.74) is 3.07. The summed E-state index contributed by atoms with van der Waals surface area (Å²) in [5, 5.41) is 9.20. The van der Waals surface area contributed by atoms with Crippen LogP contribution in [0.4, 0.5) is 5.69 Å². The Morgan fingerprint density at radius 1 is 1.11 bits per heavy atom. The summed E-state index contributed by atoms with van der Waals surface area (Å²) in [4.78, 5) is 14.2. The summed E-state index contributed by atoms with van der Waals surface area (Å²) in [6, 6.07) is 19.9. The molecule has 0 bridgehead atoms. The van der Waals surface area contributed by atoms with E-state index < -0.39 is 5.97 Å². The molecule has 0 amide bonds. The number of nitrogens with zero attached hydrogens (tertiary/aromatic N) is 2. The first-order valence-electron chi connectivity index (χ1n) is 8.84. The second-order valence-corrected chi connectivity index (χ2v) is 5.89. The molecule has 0 saturated carbocycles. The zero-order valence-corrected chi connectivity index (χ0v) is 15.7. The Morgan fingerprint density at radius 3 is 2.41 bits per heavy atom. The molecule has 0 aromatic heterocycles. The zero-order chi connectivity index (χ0) is 19.5. The van der Waals surface area contributed by atoms with Crippen LogP contribution >= 0.6 is 0 Å². The third-order valence-corrected chi connectivity index (χ3v) is 4.03. The summed E-state index contributed by atoms with van der Waals surface area (Å²) in [6.07, 6.45) is 1.53. The number of ether oxygens (including phenoxy) is 2. The highest BCUT2D eigenvalue weighted by Crippen LogP contribution is 2.19. The maximum atomic E-state index is 11.9. The van der Waals surface area contributed by atoms with E-state index in [0.717, 1.165) is 24.3 Å². The van der Waals surface area contributed by atoms with Crippen molar-refractivity contribution in [3.8, 4) is 6.07 Å². The number of hydrogen-bond donors (Lipinski definition) is 0. The second-order valence-electron chi connectivity index (χ2n) is 5.89. The Balaban J connectivity index is 2.08. The van der Waals surface area contributed by atoms with Gasteiger partial charge in [-0.05, 0) is 36.3 Å². The Kier molecular flexibility index (Phi) is 8.08. The molecule has 0 saturated heterocycles. The average molecular weight is 364 g/mol. The molecule has 27 heavy (non-hydrogen) atoms. The van der Waals surface area contributed by atoms with Crippen LogP contribution in [0.5, 0.6) is 0 Å². The second kappa shape index (κ2) is 10.8. The number of hydrogen-bond acceptors (Lipinski definition) is 5. The van der Waals surface area contributed by atoms with Crippen LogP contribution in [0, 0.1) is 11.3 Å². The smallest absolute Gasteiger partial charge is 0.348 e. The van der Waals surface area contributed by atoms with Gasteiger partial charge in [0.2, 0.25) is 0 Å². The first-order valence-corrected chi connectivity index (χ1v) is 8.84. The summed E-state index contributed by atoms with van der Waals surface area (Å²) >= 11 is 0. The SMILES string of the molecule is CCN(Cc1ccccc1)c1ccc(/C=C(\C#N)C(=O)OCCOC)cc1. The van der Waals surface area contributed by atoms with Crippen molar-refractivity contribution in [2.75, 3.05) is 31.8 Å². The standard InChI is InChI=1S/C22H24N2O3/c1-3-24(17-19-7-5-4-6-8-19)21-11-9-18(10-12-21)15-20(16-23)22(25)27-14-13-26-2/h4-12,15H,3,13-14,17H2,1-2H3/b20-15+. The molecular formula is C22H24N2O3. The van der Waals surface area contributed by atoms with Crippen molar-refractivity contribution in [3.63, 3.8) is 0 Å². The maximum absolute atomic E-state index is 11.9. The molecule has 2 aromatic rings. The van der Waals surface area contributed by atoms with E-state index in [4.69, 9.17) is 9.47 Å². The molecule has 5 nitrogen and oxygen atoms in total. The fourth-order valence-corrected chi connectivity index (χ4v) is 2.57. The summed E-state index contributed by atoms with van der Waals surface area (Å²) in [6.45, 7) is 4.23. The van der Waals surface area contributed by atoms with Gasteiger partial charge in [0.15, 0.2) is 0 Å². The van der Waals surface area contributed by atoms with Crippen molar-refractivity contribution >= 4 is 17.7 Å². The van der Waals surface area contributed by atoms with Crippen molar-refractivity contribution in [1.82, 2.24) is 0 Å². The van der Waals surface area contributed by atoms with Crippen LogP contribution in [0.1, 0.15) is 18.1 Å². The van der Waals surface area contributed by atoms with Crippen LogP contribution in [0.15, 0.2) is 60.2 Å². The monoisotopic (exact) mass is 364 g/mol. The van der Waals surface area contributed by atoms with Gasteiger partial charge in [0.1, 0.15) is 18.2 Å². The Morgan fingerprint density at radius 2 is 1.81 bits per heavy atom. The Bertz CT molecular complexity index is 793. The Hall–Kier alpha value is -3.10. The summed E-state index contributed by atoms with van der Waals surface area (Å²) < 4.78 is 9.82. The number of carbonyl (C=O) groups is 1. The molecule has 0 radical (unpaired) electrons. The molecule has 2 aromatic carbocycles. The van der Waals surface area contributed by atoms with Crippen LogP contribution < -0.4 is 4.90 Å². The van der Waals surface area contributed by atoms with Crippen molar-refractivity contribution in [2.24, 2.45) is 0 Å². The fraction of sp³-hybridized carbons (Fsp3) is 0.273. The van der Waals surface area contributed by atoms with Crippen LogP contribution in [-0.4, -0.2) is 32.8 Å². The predicted octanol–water partition coefficient (Wildman–Crippen LogP) is 3.81. The Labute approximate surface area is 160 Å². The minimum Gasteiger partial charge on any atom is -0.459 e. The van der Waals surface area contributed by atoms with Crippen molar-refractivity contribution in [3.05, 3.63) is 71.3 Å². The quantitative estimate of drug-likeness (QED) is 0.293. The third-order valence-electron chi connectivity index (χ3n) is 4.03. The highest BCUT2D eigenvalue weighted by atomic mass is 16.6. The van der Waals surface area contributed by atoms with Crippen LogP contribution in [0.2, 0.25) is 0 Å². The topological polar surface area (TPSA) is 62.6 Å². The van der Waals surface area contributed by atoms with E-state index in [0.29, 0.717) is 6.61 Å². The van der Waals surface area contributed by atoms with Gasteiger partial charge in [-0.25, -0.2) is 4.79 Å². The predicted molar refractivity (Wildman–Crippen MR) is 106 cm³/mol. The van der Waals surface area contributed by atoms with Gasteiger partial charge in [-0.3, -0.25) is 0 Å². The fourth-order valence-electron chi connectivity index (χ4n) is 2.57. The average Bonchev–Trinajstić information content (AvgIpc) is 2.71. The highest BCUT2D eigenvalue weighted by molar-refractivity contribution is 5.97. The number of benzene rings is 2. The number of methoxy groups -OCH3 is 1. The first kappa shape index (κ1) is 20.2. The first-order chi connectivity index (χ1) is 13.2. The highest BCUT2D eigenvalue weighted by Gasteiger charge is 2.11. The number of rotatable bonds is 9. The number of nitriles is 1. The van der Waals surface area contributed by atoms with E-state index in [1.807, 2.05) is 48.5 Å². The lowest BCUT2D eigenvalue weighted by Crippen LogP contribution is -2.21. The van der Waals surface area contributed by atoms with Gasteiger partial charge in [-0.15, -0.1) is 0 Å².